The monoisotopic (exact) mass is 354 g/mol. The molecule has 2 rings (SSSR count). The van der Waals surface area contributed by atoms with Crippen molar-refractivity contribution >= 4 is 15.9 Å². The van der Waals surface area contributed by atoms with Crippen molar-refractivity contribution in [3.63, 3.8) is 0 Å². The molecule has 0 unspecified atom stereocenters. The summed E-state index contributed by atoms with van der Waals surface area (Å²) in [4.78, 5) is 14.6. The van der Waals surface area contributed by atoms with E-state index in [1.165, 1.54) is 19.2 Å². The molecule has 1 N–H and O–H groups in total. The maximum atomic E-state index is 12.7. The van der Waals surface area contributed by atoms with E-state index in [0.717, 1.165) is 32.1 Å². The van der Waals surface area contributed by atoms with Crippen LogP contribution >= 0.6 is 0 Å². The lowest BCUT2D eigenvalue weighted by Gasteiger charge is -2.27. The first-order chi connectivity index (χ1) is 11.5. The van der Waals surface area contributed by atoms with Gasteiger partial charge in [-0.2, -0.15) is 0 Å². The number of nitrogens with one attached hydrogen (secondary N) is 1. The van der Waals surface area contributed by atoms with E-state index in [2.05, 4.69) is 4.72 Å². The lowest BCUT2D eigenvalue weighted by atomic mass is 10.1. The lowest BCUT2D eigenvalue weighted by molar-refractivity contribution is 0.0720. The highest BCUT2D eigenvalue weighted by Gasteiger charge is 2.24. The van der Waals surface area contributed by atoms with Crippen LogP contribution in [0, 0.1) is 0 Å². The minimum atomic E-state index is -3.62. The zero-order chi connectivity index (χ0) is 17.6. The molecule has 1 saturated heterocycles. The topological polar surface area (TPSA) is 75.7 Å². The predicted molar refractivity (Wildman–Crippen MR) is 92.8 cm³/mol. The third-order valence-electron chi connectivity index (χ3n) is 4.18. The van der Waals surface area contributed by atoms with Crippen LogP contribution in [-0.2, 0) is 10.0 Å². The number of hydrogen-bond donors (Lipinski definition) is 1. The molecular formula is C17H26N2O4S. The Kier molecular flexibility index (Phi) is 6.62. The SMILES string of the molecule is CCCCNS(=O)(=O)c1ccc(OC)c(C(=O)N2CCCCC2)c1. The quantitative estimate of drug-likeness (QED) is 0.763. The van der Waals surface area contributed by atoms with Gasteiger partial charge in [0.1, 0.15) is 5.75 Å². The third-order valence-corrected chi connectivity index (χ3v) is 5.64. The van der Waals surface area contributed by atoms with E-state index in [9.17, 15) is 13.2 Å². The first-order valence-electron chi connectivity index (χ1n) is 8.46. The molecule has 1 amide bonds. The molecule has 0 atom stereocenters. The second-order valence-electron chi connectivity index (χ2n) is 5.97. The number of carbonyl (C=O) groups excluding carboxylic acids is 1. The van der Waals surface area contributed by atoms with Gasteiger partial charge in [-0.3, -0.25) is 4.79 Å². The van der Waals surface area contributed by atoms with Crippen molar-refractivity contribution in [1.82, 2.24) is 9.62 Å². The number of nitrogens with zero attached hydrogens (tertiary/aromatic N) is 1. The number of likely N-dealkylation sites (tertiary alicyclic amines) is 1. The molecule has 0 spiro atoms. The average Bonchev–Trinajstić information content (AvgIpc) is 2.61. The van der Waals surface area contributed by atoms with Crippen LogP contribution in [0.4, 0.5) is 0 Å². The van der Waals surface area contributed by atoms with Gasteiger partial charge in [0.2, 0.25) is 10.0 Å². The molecule has 1 aromatic carbocycles. The van der Waals surface area contributed by atoms with Gasteiger partial charge in [-0.05, 0) is 43.9 Å². The highest BCUT2D eigenvalue weighted by atomic mass is 32.2. The van der Waals surface area contributed by atoms with E-state index in [1.807, 2.05) is 6.92 Å². The molecule has 1 heterocycles. The maximum absolute atomic E-state index is 12.7. The number of piperidine rings is 1. The Balaban J connectivity index is 2.28. The summed E-state index contributed by atoms with van der Waals surface area (Å²) in [6, 6.07) is 4.44. The number of unbranched alkanes of at least 4 members (excludes halogenated alkanes) is 1. The fraction of sp³-hybridized carbons (Fsp3) is 0.588. The van der Waals surface area contributed by atoms with Crippen molar-refractivity contribution in [1.29, 1.82) is 0 Å². The number of rotatable bonds is 7. The van der Waals surface area contributed by atoms with Gasteiger partial charge in [0.15, 0.2) is 0 Å². The summed E-state index contributed by atoms with van der Waals surface area (Å²) in [6.45, 7) is 3.79. The van der Waals surface area contributed by atoms with E-state index in [0.29, 0.717) is 30.9 Å². The minimum absolute atomic E-state index is 0.0970. The fourth-order valence-corrected chi connectivity index (χ4v) is 3.86. The summed E-state index contributed by atoms with van der Waals surface area (Å²) >= 11 is 0. The Labute approximate surface area is 144 Å². The number of hydrogen-bond acceptors (Lipinski definition) is 4. The molecule has 1 aliphatic rings. The summed E-state index contributed by atoms with van der Waals surface area (Å²) in [5.74, 6) is 0.232. The predicted octanol–water partition coefficient (Wildman–Crippen LogP) is 2.40. The molecule has 7 heteroatoms. The summed E-state index contributed by atoms with van der Waals surface area (Å²) < 4.78 is 32.6. The standard InChI is InChI=1S/C17H26N2O4S/c1-3-4-10-18-24(21,22)14-8-9-16(23-2)15(13-14)17(20)19-11-6-5-7-12-19/h8-9,13,18H,3-7,10-12H2,1-2H3. The van der Waals surface area contributed by atoms with Gasteiger partial charge in [-0.25, -0.2) is 13.1 Å². The van der Waals surface area contributed by atoms with Gasteiger partial charge < -0.3 is 9.64 Å². The van der Waals surface area contributed by atoms with Gasteiger partial charge in [-0.1, -0.05) is 13.3 Å². The van der Waals surface area contributed by atoms with Crippen molar-refractivity contribution in [2.45, 2.75) is 43.9 Å². The normalized spacial score (nSPS) is 15.3. The molecule has 1 aromatic rings. The molecule has 0 bridgehead atoms. The molecule has 6 nitrogen and oxygen atoms in total. The molecular weight excluding hydrogens is 328 g/mol. The number of benzene rings is 1. The Morgan fingerprint density at radius 3 is 2.58 bits per heavy atom. The average molecular weight is 354 g/mol. The zero-order valence-electron chi connectivity index (χ0n) is 14.4. The van der Waals surface area contributed by atoms with Crippen LogP contribution in [0.15, 0.2) is 23.1 Å². The van der Waals surface area contributed by atoms with Gasteiger partial charge >= 0.3 is 0 Å². The summed E-state index contributed by atoms with van der Waals surface area (Å²) in [7, 11) is -2.14. The molecule has 0 radical (unpaired) electrons. The summed E-state index contributed by atoms with van der Waals surface area (Å²) in [6.07, 6.45) is 4.75. The Hall–Kier alpha value is -1.60. The largest absolute Gasteiger partial charge is 0.496 e. The molecule has 1 fully saturated rings. The Morgan fingerprint density at radius 1 is 1.25 bits per heavy atom. The minimum Gasteiger partial charge on any atom is -0.496 e. The zero-order valence-corrected chi connectivity index (χ0v) is 15.2. The summed E-state index contributed by atoms with van der Waals surface area (Å²) in [5.41, 5.74) is 0.303. The molecule has 0 aliphatic carbocycles. The third kappa shape index (κ3) is 4.48. The first-order valence-corrected chi connectivity index (χ1v) is 9.95. The lowest BCUT2D eigenvalue weighted by Crippen LogP contribution is -2.36. The van der Waals surface area contributed by atoms with Crippen LogP contribution in [0.1, 0.15) is 49.4 Å². The number of sulfonamides is 1. The van der Waals surface area contributed by atoms with Crippen molar-refractivity contribution in [2.75, 3.05) is 26.7 Å². The number of amides is 1. The van der Waals surface area contributed by atoms with Crippen LogP contribution in [0.25, 0.3) is 0 Å². The van der Waals surface area contributed by atoms with Crippen LogP contribution in [-0.4, -0.2) is 46.0 Å². The highest BCUT2D eigenvalue weighted by Crippen LogP contribution is 2.25. The Bertz CT molecular complexity index is 667. The van der Waals surface area contributed by atoms with E-state index in [1.54, 1.807) is 11.0 Å². The molecule has 0 aromatic heterocycles. The Morgan fingerprint density at radius 2 is 1.96 bits per heavy atom. The van der Waals surface area contributed by atoms with Crippen LogP contribution in [0.2, 0.25) is 0 Å². The van der Waals surface area contributed by atoms with Crippen molar-refractivity contribution < 1.29 is 17.9 Å². The van der Waals surface area contributed by atoms with E-state index < -0.39 is 10.0 Å². The van der Waals surface area contributed by atoms with Crippen molar-refractivity contribution in [3.8, 4) is 5.75 Å². The van der Waals surface area contributed by atoms with Crippen LogP contribution in [0.3, 0.4) is 0 Å². The van der Waals surface area contributed by atoms with E-state index in [-0.39, 0.29) is 10.8 Å². The van der Waals surface area contributed by atoms with Gasteiger partial charge in [0.25, 0.3) is 5.91 Å². The van der Waals surface area contributed by atoms with Crippen molar-refractivity contribution in [2.24, 2.45) is 0 Å². The van der Waals surface area contributed by atoms with E-state index >= 15 is 0 Å². The number of methoxy groups -OCH3 is 1. The number of ether oxygens (including phenoxy) is 1. The van der Waals surface area contributed by atoms with Crippen LogP contribution < -0.4 is 9.46 Å². The summed E-state index contributed by atoms with van der Waals surface area (Å²) in [5, 5.41) is 0. The first kappa shape index (κ1) is 18.7. The van der Waals surface area contributed by atoms with Crippen LogP contribution in [0.5, 0.6) is 5.75 Å². The maximum Gasteiger partial charge on any atom is 0.257 e. The number of carbonyl (C=O) groups is 1. The molecule has 134 valence electrons. The smallest absolute Gasteiger partial charge is 0.257 e. The second kappa shape index (κ2) is 8.48. The van der Waals surface area contributed by atoms with Gasteiger partial charge in [0.05, 0.1) is 17.6 Å². The molecule has 24 heavy (non-hydrogen) atoms. The molecule has 1 aliphatic heterocycles. The second-order valence-corrected chi connectivity index (χ2v) is 7.73. The van der Waals surface area contributed by atoms with Gasteiger partial charge in [-0.15, -0.1) is 0 Å². The highest BCUT2D eigenvalue weighted by molar-refractivity contribution is 7.89. The van der Waals surface area contributed by atoms with Crippen molar-refractivity contribution in [3.05, 3.63) is 23.8 Å². The molecule has 0 saturated carbocycles. The van der Waals surface area contributed by atoms with E-state index in [4.69, 9.17) is 4.74 Å². The fourth-order valence-electron chi connectivity index (χ4n) is 2.76. The van der Waals surface area contributed by atoms with Gasteiger partial charge in [0, 0.05) is 19.6 Å².